The number of thiocarbonyl (C=S) groups is 1. The van der Waals surface area contributed by atoms with E-state index in [2.05, 4.69) is 6.92 Å². The van der Waals surface area contributed by atoms with Gasteiger partial charge in [0, 0.05) is 19.0 Å². The van der Waals surface area contributed by atoms with Crippen LogP contribution in [0.15, 0.2) is 24.3 Å². The molecule has 0 radical (unpaired) electrons. The monoisotopic (exact) mass is 306 g/mol. The topological polar surface area (TPSA) is 55.6 Å². The van der Waals surface area contributed by atoms with Crippen LogP contribution < -0.4 is 10.5 Å². The van der Waals surface area contributed by atoms with Gasteiger partial charge in [0.05, 0.1) is 4.99 Å². The van der Waals surface area contributed by atoms with E-state index < -0.39 is 0 Å². The summed E-state index contributed by atoms with van der Waals surface area (Å²) in [6.07, 6.45) is 3.69. The van der Waals surface area contributed by atoms with Crippen LogP contribution in [0, 0.1) is 0 Å². The summed E-state index contributed by atoms with van der Waals surface area (Å²) >= 11 is 4.88. The smallest absolute Gasteiger partial charge is 0.260 e. The Morgan fingerprint density at radius 3 is 2.57 bits per heavy atom. The first-order chi connectivity index (χ1) is 10.1. The molecule has 5 heteroatoms. The molecule has 1 aromatic carbocycles. The predicted octanol–water partition coefficient (Wildman–Crippen LogP) is 2.30. The quantitative estimate of drug-likeness (QED) is 0.749. The van der Waals surface area contributed by atoms with Gasteiger partial charge in [0.15, 0.2) is 6.61 Å². The molecule has 21 heavy (non-hydrogen) atoms. The normalized spacial score (nSPS) is 13.8. The third kappa shape index (κ3) is 5.01. The molecule has 114 valence electrons. The first-order valence-electron chi connectivity index (χ1n) is 7.39. The van der Waals surface area contributed by atoms with E-state index >= 15 is 0 Å². The molecular formula is C16H22N2O2S. The number of hydrogen-bond donors (Lipinski definition) is 1. The fourth-order valence-corrected chi connectivity index (χ4v) is 2.27. The maximum Gasteiger partial charge on any atom is 0.260 e. The van der Waals surface area contributed by atoms with Gasteiger partial charge in [0.25, 0.3) is 5.91 Å². The highest BCUT2D eigenvalue weighted by atomic mass is 32.1. The number of rotatable bonds is 8. The third-order valence-electron chi connectivity index (χ3n) is 3.60. The lowest BCUT2D eigenvalue weighted by Gasteiger charge is -2.22. The van der Waals surface area contributed by atoms with Crippen LogP contribution in [0.4, 0.5) is 0 Å². The maximum absolute atomic E-state index is 12.3. The molecule has 4 nitrogen and oxygen atoms in total. The molecule has 2 rings (SSSR count). The predicted molar refractivity (Wildman–Crippen MR) is 87.5 cm³/mol. The zero-order valence-corrected chi connectivity index (χ0v) is 13.2. The van der Waals surface area contributed by atoms with E-state index in [0.717, 1.165) is 25.0 Å². The lowest BCUT2D eigenvalue weighted by molar-refractivity contribution is -0.133. The maximum atomic E-state index is 12.3. The van der Waals surface area contributed by atoms with Crippen molar-refractivity contribution in [1.82, 2.24) is 4.90 Å². The molecule has 1 saturated carbocycles. The molecule has 0 spiro atoms. The van der Waals surface area contributed by atoms with Crippen LogP contribution in [0.2, 0.25) is 0 Å². The molecule has 1 amide bonds. The summed E-state index contributed by atoms with van der Waals surface area (Å²) < 4.78 is 5.58. The number of benzene rings is 1. The minimum absolute atomic E-state index is 0.00770. The van der Waals surface area contributed by atoms with E-state index in [1.54, 1.807) is 0 Å². The molecule has 0 atom stereocenters. The lowest BCUT2D eigenvalue weighted by atomic mass is 10.2. The second-order valence-electron chi connectivity index (χ2n) is 5.32. The van der Waals surface area contributed by atoms with E-state index in [-0.39, 0.29) is 12.5 Å². The number of nitrogens with two attached hydrogens (primary N) is 1. The first-order valence-corrected chi connectivity index (χ1v) is 7.80. The Hall–Kier alpha value is -1.62. The molecule has 1 fully saturated rings. The molecule has 1 aliphatic rings. The van der Waals surface area contributed by atoms with Gasteiger partial charge in [-0.3, -0.25) is 4.79 Å². The highest BCUT2D eigenvalue weighted by Gasteiger charge is 2.32. The van der Waals surface area contributed by atoms with Gasteiger partial charge in [-0.2, -0.15) is 0 Å². The summed E-state index contributed by atoms with van der Waals surface area (Å²) in [7, 11) is 0. The number of carbonyl (C=O) groups excluding carboxylic acids is 1. The molecule has 0 heterocycles. The molecule has 0 bridgehead atoms. The zero-order chi connectivity index (χ0) is 15.2. The summed E-state index contributed by atoms with van der Waals surface area (Å²) in [4.78, 5) is 14.5. The Morgan fingerprint density at radius 1 is 1.38 bits per heavy atom. The van der Waals surface area contributed by atoms with Gasteiger partial charge < -0.3 is 15.4 Å². The molecule has 1 aliphatic carbocycles. The highest BCUT2D eigenvalue weighted by Crippen LogP contribution is 2.27. The Bertz CT molecular complexity index is 498. The minimum Gasteiger partial charge on any atom is -0.484 e. The standard InChI is InChI=1S/C16H22N2O2S/c1-2-12-3-7-14(8-4-12)20-11-16(19)18(13-5-6-13)10-9-15(17)21/h3-4,7-8,13H,2,5-6,9-11H2,1H3,(H2,17,21). The van der Waals surface area contributed by atoms with Crippen LogP contribution in [0.5, 0.6) is 5.75 Å². The number of ether oxygens (including phenoxy) is 1. The van der Waals surface area contributed by atoms with E-state index in [4.69, 9.17) is 22.7 Å². The lowest BCUT2D eigenvalue weighted by Crippen LogP contribution is -2.38. The molecule has 0 unspecified atom stereocenters. The Labute approximate surface area is 131 Å². The van der Waals surface area contributed by atoms with Crippen molar-refractivity contribution < 1.29 is 9.53 Å². The Balaban J connectivity index is 1.84. The number of hydrogen-bond acceptors (Lipinski definition) is 3. The van der Waals surface area contributed by atoms with Crippen molar-refractivity contribution in [1.29, 1.82) is 0 Å². The van der Waals surface area contributed by atoms with Crippen LogP contribution in [-0.4, -0.2) is 35.0 Å². The molecule has 1 aromatic rings. The van der Waals surface area contributed by atoms with Gasteiger partial charge in [-0.15, -0.1) is 0 Å². The van der Waals surface area contributed by atoms with Gasteiger partial charge in [0.1, 0.15) is 5.75 Å². The van der Waals surface area contributed by atoms with Crippen molar-refractivity contribution in [2.75, 3.05) is 13.2 Å². The fraction of sp³-hybridized carbons (Fsp3) is 0.500. The van der Waals surface area contributed by atoms with E-state index in [1.807, 2.05) is 29.2 Å². The van der Waals surface area contributed by atoms with E-state index in [1.165, 1.54) is 5.56 Å². The summed E-state index contributed by atoms with van der Waals surface area (Å²) in [6, 6.07) is 8.19. The molecule has 0 saturated heterocycles. The van der Waals surface area contributed by atoms with Crippen LogP contribution in [0.25, 0.3) is 0 Å². The van der Waals surface area contributed by atoms with Gasteiger partial charge in [-0.25, -0.2) is 0 Å². The zero-order valence-electron chi connectivity index (χ0n) is 12.4. The Kier molecular flexibility index (Phi) is 5.56. The minimum atomic E-state index is 0.00770. The van der Waals surface area contributed by atoms with Crippen molar-refractivity contribution in [2.24, 2.45) is 5.73 Å². The van der Waals surface area contributed by atoms with Crippen molar-refractivity contribution in [2.45, 2.75) is 38.6 Å². The highest BCUT2D eigenvalue weighted by molar-refractivity contribution is 7.80. The molecular weight excluding hydrogens is 284 g/mol. The number of nitrogens with zero attached hydrogens (tertiary/aromatic N) is 1. The van der Waals surface area contributed by atoms with Crippen LogP contribution in [-0.2, 0) is 11.2 Å². The van der Waals surface area contributed by atoms with Crippen molar-refractivity contribution in [3.05, 3.63) is 29.8 Å². The van der Waals surface area contributed by atoms with Crippen molar-refractivity contribution >= 4 is 23.1 Å². The fourth-order valence-electron chi connectivity index (χ4n) is 2.18. The number of carbonyl (C=O) groups is 1. The second-order valence-corrected chi connectivity index (χ2v) is 5.85. The van der Waals surface area contributed by atoms with Gasteiger partial charge in [-0.05, 0) is 37.0 Å². The summed E-state index contributed by atoms with van der Waals surface area (Å²) in [5, 5.41) is 0. The van der Waals surface area contributed by atoms with Gasteiger partial charge >= 0.3 is 0 Å². The summed E-state index contributed by atoms with van der Waals surface area (Å²) in [5.41, 5.74) is 6.77. The third-order valence-corrected chi connectivity index (χ3v) is 3.81. The summed E-state index contributed by atoms with van der Waals surface area (Å²) in [6.45, 7) is 2.77. The van der Waals surface area contributed by atoms with E-state index in [0.29, 0.717) is 24.0 Å². The van der Waals surface area contributed by atoms with E-state index in [9.17, 15) is 4.79 Å². The average molecular weight is 306 g/mol. The average Bonchev–Trinajstić information content (AvgIpc) is 3.30. The largest absolute Gasteiger partial charge is 0.484 e. The van der Waals surface area contributed by atoms with Crippen LogP contribution in [0.3, 0.4) is 0 Å². The molecule has 2 N–H and O–H groups in total. The second kappa shape index (κ2) is 7.41. The Morgan fingerprint density at radius 2 is 2.05 bits per heavy atom. The summed E-state index contributed by atoms with van der Waals surface area (Å²) in [5.74, 6) is 0.735. The first kappa shape index (κ1) is 15.8. The van der Waals surface area contributed by atoms with Gasteiger partial charge in [0.2, 0.25) is 0 Å². The SMILES string of the molecule is CCc1ccc(OCC(=O)N(CCC(N)=S)C2CC2)cc1. The van der Waals surface area contributed by atoms with Crippen LogP contribution >= 0.6 is 12.2 Å². The number of aryl methyl sites for hydroxylation is 1. The van der Waals surface area contributed by atoms with Crippen molar-refractivity contribution in [3.8, 4) is 5.75 Å². The number of amides is 1. The van der Waals surface area contributed by atoms with Gasteiger partial charge in [-0.1, -0.05) is 31.3 Å². The molecule has 0 aromatic heterocycles. The molecule has 0 aliphatic heterocycles. The van der Waals surface area contributed by atoms with Crippen molar-refractivity contribution in [3.63, 3.8) is 0 Å². The van der Waals surface area contributed by atoms with Crippen LogP contribution in [0.1, 0.15) is 31.7 Å².